The van der Waals surface area contributed by atoms with Crippen molar-refractivity contribution in [1.29, 1.82) is 0 Å². The van der Waals surface area contributed by atoms with Crippen LogP contribution in [-0.4, -0.2) is 31.8 Å². The summed E-state index contributed by atoms with van der Waals surface area (Å²) >= 11 is 0. The third kappa shape index (κ3) is 3.93. The van der Waals surface area contributed by atoms with Crippen LogP contribution < -0.4 is 10.2 Å². The van der Waals surface area contributed by atoms with E-state index in [1.54, 1.807) is 12.1 Å². The standard InChI is InChI=1S/C16H25FN2O/c1-12(2)18-10-14-15(17)6-4-7-16(14)19-8-5-9-20-13(3)11-19/h4,6-7,12-13,18H,5,8-11H2,1-3H3. The molecule has 1 aromatic rings. The van der Waals surface area contributed by atoms with Crippen LogP contribution in [0.3, 0.4) is 0 Å². The predicted molar refractivity (Wildman–Crippen MR) is 80.6 cm³/mol. The van der Waals surface area contributed by atoms with Crippen molar-refractivity contribution in [1.82, 2.24) is 5.32 Å². The van der Waals surface area contributed by atoms with Crippen LogP contribution in [0.5, 0.6) is 0 Å². The van der Waals surface area contributed by atoms with Gasteiger partial charge in [-0.3, -0.25) is 0 Å². The van der Waals surface area contributed by atoms with Gasteiger partial charge in [0.1, 0.15) is 5.82 Å². The molecule has 1 unspecified atom stereocenters. The SMILES string of the molecule is CC(C)NCc1c(F)cccc1N1CCCOC(C)C1. The summed E-state index contributed by atoms with van der Waals surface area (Å²) in [5, 5.41) is 3.31. The van der Waals surface area contributed by atoms with Gasteiger partial charge in [0.05, 0.1) is 6.10 Å². The predicted octanol–water partition coefficient (Wildman–Crippen LogP) is 2.94. The Morgan fingerprint density at radius 2 is 2.25 bits per heavy atom. The summed E-state index contributed by atoms with van der Waals surface area (Å²) in [6.07, 6.45) is 1.17. The summed E-state index contributed by atoms with van der Waals surface area (Å²) in [6.45, 7) is 9.30. The van der Waals surface area contributed by atoms with Crippen molar-refractivity contribution >= 4 is 5.69 Å². The van der Waals surface area contributed by atoms with Gasteiger partial charge in [-0.2, -0.15) is 0 Å². The minimum atomic E-state index is -0.131. The average molecular weight is 280 g/mol. The number of nitrogens with zero attached hydrogens (tertiary/aromatic N) is 1. The molecule has 1 atom stereocenters. The van der Waals surface area contributed by atoms with E-state index in [1.807, 2.05) is 6.07 Å². The van der Waals surface area contributed by atoms with E-state index < -0.39 is 0 Å². The van der Waals surface area contributed by atoms with Crippen LogP contribution in [0.15, 0.2) is 18.2 Å². The molecule has 0 saturated carbocycles. The fourth-order valence-electron chi connectivity index (χ4n) is 2.54. The fourth-order valence-corrected chi connectivity index (χ4v) is 2.54. The van der Waals surface area contributed by atoms with Crippen molar-refractivity contribution in [3.8, 4) is 0 Å². The maximum Gasteiger partial charge on any atom is 0.129 e. The first-order chi connectivity index (χ1) is 9.58. The van der Waals surface area contributed by atoms with E-state index >= 15 is 0 Å². The molecular formula is C16H25FN2O. The highest BCUT2D eigenvalue weighted by atomic mass is 19.1. The van der Waals surface area contributed by atoms with Crippen LogP contribution in [0.1, 0.15) is 32.8 Å². The number of rotatable bonds is 4. The van der Waals surface area contributed by atoms with Gasteiger partial charge in [-0.15, -0.1) is 0 Å². The van der Waals surface area contributed by atoms with E-state index in [-0.39, 0.29) is 11.9 Å². The molecule has 1 aliphatic heterocycles. The van der Waals surface area contributed by atoms with Gasteiger partial charge in [-0.1, -0.05) is 19.9 Å². The lowest BCUT2D eigenvalue weighted by Gasteiger charge is -2.27. The van der Waals surface area contributed by atoms with Gasteiger partial charge in [0, 0.05) is 43.5 Å². The number of nitrogens with one attached hydrogen (secondary N) is 1. The third-order valence-electron chi connectivity index (χ3n) is 3.57. The summed E-state index contributed by atoms with van der Waals surface area (Å²) in [5.74, 6) is -0.131. The molecule has 3 nitrogen and oxygen atoms in total. The van der Waals surface area contributed by atoms with Crippen molar-refractivity contribution < 1.29 is 9.13 Å². The van der Waals surface area contributed by atoms with E-state index in [0.29, 0.717) is 12.6 Å². The van der Waals surface area contributed by atoms with Crippen molar-refractivity contribution in [2.75, 3.05) is 24.6 Å². The Balaban J connectivity index is 2.22. The van der Waals surface area contributed by atoms with Gasteiger partial charge in [-0.25, -0.2) is 4.39 Å². The quantitative estimate of drug-likeness (QED) is 0.917. The molecule has 0 radical (unpaired) electrons. The minimum absolute atomic E-state index is 0.131. The topological polar surface area (TPSA) is 24.5 Å². The molecule has 1 N–H and O–H groups in total. The van der Waals surface area contributed by atoms with Crippen molar-refractivity contribution in [2.45, 2.75) is 45.9 Å². The highest BCUT2D eigenvalue weighted by Gasteiger charge is 2.19. The lowest BCUT2D eigenvalue weighted by Crippen LogP contribution is -2.32. The number of hydrogen-bond acceptors (Lipinski definition) is 3. The van der Waals surface area contributed by atoms with E-state index in [4.69, 9.17) is 4.74 Å². The van der Waals surface area contributed by atoms with Gasteiger partial charge in [-0.05, 0) is 25.5 Å². The van der Waals surface area contributed by atoms with Crippen LogP contribution in [0, 0.1) is 5.82 Å². The Morgan fingerprint density at radius 1 is 1.45 bits per heavy atom. The zero-order chi connectivity index (χ0) is 14.5. The zero-order valence-corrected chi connectivity index (χ0v) is 12.7. The lowest BCUT2D eigenvalue weighted by atomic mass is 10.1. The Bertz CT molecular complexity index is 436. The molecule has 1 aliphatic rings. The Kier molecular flexibility index (Phi) is 5.38. The first kappa shape index (κ1) is 15.3. The maximum atomic E-state index is 14.2. The molecule has 0 amide bonds. The molecular weight excluding hydrogens is 255 g/mol. The van der Waals surface area contributed by atoms with Crippen LogP contribution in [0.25, 0.3) is 0 Å². The Labute approximate surface area is 121 Å². The molecule has 0 aliphatic carbocycles. The molecule has 0 aromatic heterocycles. The summed E-state index contributed by atoms with van der Waals surface area (Å²) in [7, 11) is 0. The molecule has 0 bridgehead atoms. The van der Waals surface area contributed by atoms with Gasteiger partial charge in [0.15, 0.2) is 0 Å². The Hall–Kier alpha value is -1.13. The average Bonchev–Trinajstić information content (AvgIpc) is 2.61. The minimum Gasteiger partial charge on any atom is -0.377 e. The number of halogens is 1. The third-order valence-corrected chi connectivity index (χ3v) is 3.57. The zero-order valence-electron chi connectivity index (χ0n) is 12.7. The molecule has 20 heavy (non-hydrogen) atoms. The largest absolute Gasteiger partial charge is 0.377 e. The highest BCUT2D eigenvalue weighted by molar-refractivity contribution is 5.54. The second-order valence-corrected chi connectivity index (χ2v) is 5.75. The Morgan fingerprint density at radius 3 is 3.00 bits per heavy atom. The van der Waals surface area contributed by atoms with Gasteiger partial charge < -0.3 is 15.0 Å². The summed E-state index contributed by atoms with van der Waals surface area (Å²) in [6, 6.07) is 5.69. The highest BCUT2D eigenvalue weighted by Crippen LogP contribution is 2.25. The van der Waals surface area contributed by atoms with Crippen LogP contribution in [-0.2, 0) is 11.3 Å². The second kappa shape index (κ2) is 7.04. The van der Waals surface area contributed by atoms with Crippen LogP contribution >= 0.6 is 0 Å². The molecule has 2 rings (SSSR count). The molecule has 1 aromatic carbocycles. The first-order valence-corrected chi connectivity index (χ1v) is 7.45. The maximum absolute atomic E-state index is 14.2. The van der Waals surface area contributed by atoms with Crippen LogP contribution in [0.2, 0.25) is 0 Å². The van der Waals surface area contributed by atoms with Gasteiger partial charge in [0.25, 0.3) is 0 Å². The number of benzene rings is 1. The fraction of sp³-hybridized carbons (Fsp3) is 0.625. The number of anilines is 1. The molecule has 4 heteroatoms. The monoisotopic (exact) mass is 280 g/mol. The lowest BCUT2D eigenvalue weighted by molar-refractivity contribution is 0.0820. The summed E-state index contributed by atoms with van der Waals surface area (Å²) in [5.41, 5.74) is 1.76. The first-order valence-electron chi connectivity index (χ1n) is 7.45. The van der Waals surface area contributed by atoms with Crippen molar-refractivity contribution in [3.63, 3.8) is 0 Å². The molecule has 1 saturated heterocycles. The molecule has 0 spiro atoms. The van der Waals surface area contributed by atoms with E-state index in [0.717, 1.165) is 37.4 Å². The normalized spacial score (nSPS) is 20.2. The second-order valence-electron chi connectivity index (χ2n) is 5.75. The van der Waals surface area contributed by atoms with Crippen LogP contribution in [0.4, 0.5) is 10.1 Å². The number of ether oxygens (including phenoxy) is 1. The van der Waals surface area contributed by atoms with Gasteiger partial charge >= 0.3 is 0 Å². The molecule has 1 heterocycles. The molecule has 1 fully saturated rings. The van der Waals surface area contributed by atoms with Gasteiger partial charge in [0.2, 0.25) is 0 Å². The van der Waals surface area contributed by atoms with E-state index in [1.165, 1.54) is 0 Å². The summed E-state index contributed by atoms with van der Waals surface area (Å²) in [4.78, 5) is 2.25. The van der Waals surface area contributed by atoms with E-state index in [9.17, 15) is 4.39 Å². The van der Waals surface area contributed by atoms with E-state index in [2.05, 4.69) is 31.0 Å². The summed E-state index contributed by atoms with van der Waals surface area (Å²) < 4.78 is 19.8. The van der Waals surface area contributed by atoms with Crippen molar-refractivity contribution in [3.05, 3.63) is 29.6 Å². The number of hydrogen-bond donors (Lipinski definition) is 1. The smallest absolute Gasteiger partial charge is 0.129 e. The van der Waals surface area contributed by atoms with Crippen molar-refractivity contribution in [2.24, 2.45) is 0 Å². The molecule has 112 valence electrons.